The van der Waals surface area contributed by atoms with Gasteiger partial charge in [0.2, 0.25) is 0 Å². The fourth-order valence-corrected chi connectivity index (χ4v) is 2.23. The molecule has 2 rings (SSSR count). The van der Waals surface area contributed by atoms with E-state index in [-0.39, 0.29) is 11.7 Å². The fraction of sp³-hybridized carbons (Fsp3) is 0.615. The van der Waals surface area contributed by atoms with Gasteiger partial charge in [-0.25, -0.2) is 0 Å². The Hall–Kier alpha value is -1.33. The summed E-state index contributed by atoms with van der Waals surface area (Å²) in [5.41, 5.74) is 6.27. The second-order valence-corrected chi connectivity index (χ2v) is 5.03. The summed E-state index contributed by atoms with van der Waals surface area (Å²) in [7, 11) is 0. The Morgan fingerprint density at radius 1 is 1.50 bits per heavy atom. The van der Waals surface area contributed by atoms with Crippen molar-refractivity contribution < 1.29 is 4.74 Å². The van der Waals surface area contributed by atoms with Crippen molar-refractivity contribution in [1.82, 2.24) is 9.47 Å². The molecule has 1 fully saturated rings. The van der Waals surface area contributed by atoms with E-state index in [0.29, 0.717) is 18.3 Å². The third-order valence-corrected chi connectivity index (χ3v) is 3.31. The van der Waals surface area contributed by atoms with Gasteiger partial charge in [-0.2, -0.15) is 0 Å². The average molecular weight is 251 g/mol. The van der Waals surface area contributed by atoms with Gasteiger partial charge in [0.25, 0.3) is 5.56 Å². The van der Waals surface area contributed by atoms with Gasteiger partial charge in [0.05, 0.1) is 19.3 Å². The molecular weight excluding hydrogens is 230 g/mol. The van der Waals surface area contributed by atoms with E-state index in [0.717, 1.165) is 19.7 Å². The number of morpholine rings is 1. The molecule has 2 heterocycles. The number of ether oxygens (including phenoxy) is 1. The molecule has 0 bridgehead atoms. The lowest BCUT2D eigenvalue weighted by molar-refractivity contribution is -0.0459. The first kappa shape index (κ1) is 13.1. The predicted octanol–water partition coefficient (Wildman–Crippen LogP) is 0.540. The fourth-order valence-electron chi connectivity index (χ4n) is 2.23. The highest BCUT2D eigenvalue weighted by molar-refractivity contribution is 5.33. The highest BCUT2D eigenvalue weighted by Crippen LogP contribution is 2.10. The number of hydrogen-bond donors (Lipinski definition) is 1. The first-order valence-electron chi connectivity index (χ1n) is 6.38. The lowest BCUT2D eigenvalue weighted by atomic mass is 10.2. The average Bonchev–Trinajstić information content (AvgIpc) is 2.34. The smallest absolute Gasteiger partial charge is 0.250 e. The number of nitrogens with zero attached hydrogens (tertiary/aromatic N) is 2. The summed E-state index contributed by atoms with van der Waals surface area (Å²) in [6.45, 7) is 7.45. The minimum absolute atomic E-state index is 0.0329. The molecule has 1 aromatic heterocycles. The zero-order chi connectivity index (χ0) is 13.1. The predicted molar refractivity (Wildman–Crippen MR) is 71.6 cm³/mol. The molecule has 18 heavy (non-hydrogen) atoms. The van der Waals surface area contributed by atoms with Gasteiger partial charge in [-0.3, -0.25) is 9.69 Å². The van der Waals surface area contributed by atoms with Crippen LogP contribution in [-0.4, -0.2) is 41.3 Å². The Morgan fingerprint density at radius 2 is 2.28 bits per heavy atom. The Bertz CT molecular complexity index is 456. The summed E-state index contributed by atoms with van der Waals surface area (Å²) in [5.74, 6) is 0. The molecule has 0 spiro atoms. The topological polar surface area (TPSA) is 60.5 Å². The first-order chi connectivity index (χ1) is 8.56. The molecule has 5 nitrogen and oxygen atoms in total. The zero-order valence-corrected chi connectivity index (χ0v) is 11.0. The van der Waals surface area contributed by atoms with E-state index in [1.807, 2.05) is 0 Å². The summed E-state index contributed by atoms with van der Waals surface area (Å²) in [6.07, 6.45) is 1.74. The second kappa shape index (κ2) is 5.54. The zero-order valence-electron chi connectivity index (χ0n) is 11.0. The van der Waals surface area contributed by atoms with Gasteiger partial charge < -0.3 is 15.0 Å². The van der Waals surface area contributed by atoms with Gasteiger partial charge >= 0.3 is 0 Å². The van der Waals surface area contributed by atoms with Crippen molar-refractivity contribution >= 4 is 5.69 Å². The van der Waals surface area contributed by atoms with Crippen LogP contribution in [0.4, 0.5) is 5.69 Å². The third kappa shape index (κ3) is 3.11. The standard InChI is InChI=1S/C13H21N3O2/c1-10(2)15-5-6-18-12(8-15)9-16-7-11(14)3-4-13(16)17/h3-4,7,10,12H,5-6,8-9,14H2,1-2H3. The van der Waals surface area contributed by atoms with Gasteiger partial charge in [-0.05, 0) is 19.9 Å². The molecule has 1 atom stereocenters. The first-order valence-corrected chi connectivity index (χ1v) is 6.38. The minimum Gasteiger partial charge on any atom is -0.398 e. The largest absolute Gasteiger partial charge is 0.398 e. The molecule has 1 unspecified atom stereocenters. The SMILES string of the molecule is CC(C)N1CCOC(Cn2cc(N)ccc2=O)C1. The third-order valence-electron chi connectivity index (χ3n) is 3.31. The van der Waals surface area contributed by atoms with Crippen LogP contribution in [0.5, 0.6) is 0 Å². The lowest BCUT2D eigenvalue weighted by Gasteiger charge is -2.35. The van der Waals surface area contributed by atoms with Crippen molar-refractivity contribution in [3.63, 3.8) is 0 Å². The number of pyridine rings is 1. The summed E-state index contributed by atoms with van der Waals surface area (Å²) >= 11 is 0. The summed E-state index contributed by atoms with van der Waals surface area (Å²) < 4.78 is 7.34. The number of hydrogen-bond acceptors (Lipinski definition) is 4. The van der Waals surface area contributed by atoms with E-state index in [1.54, 1.807) is 16.8 Å². The van der Waals surface area contributed by atoms with Crippen molar-refractivity contribution in [3.8, 4) is 0 Å². The van der Waals surface area contributed by atoms with Crippen LogP contribution in [-0.2, 0) is 11.3 Å². The summed E-state index contributed by atoms with van der Waals surface area (Å²) in [5, 5.41) is 0. The monoisotopic (exact) mass is 251 g/mol. The Kier molecular flexibility index (Phi) is 4.04. The Morgan fingerprint density at radius 3 is 3.00 bits per heavy atom. The minimum atomic E-state index is -0.0329. The maximum Gasteiger partial charge on any atom is 0.250 e. The molecule has 1 saturated heterocycles. The van der Waals surface area contributed by atoms with Crippen LogP contribution in [0.1, 0.15) is 13.8 Å². The number of nitrogens with two attached hydrogens (primary N) is 1. The van der Waals surface area contributed by atoms with Gasteiger partial charge in [0.15, 0.2) is 0 Å². The second-order valence-electron chi connectivity index (χ2n) is 5.03. The van der Waals surface area contributed by atoms with Crippen molar-refractivity contribution in [2.75, 3.05) is 25.4 Å². The van der Waals surface area contributed by atoms with Gasteiger partial charge in [0, 0.05) is 37.1 Å². The molecule has 0 saturated carbocycles. The highest BCUT2D eigenvalue weighted by atomic mass is 16.5. The number of anilines is 1. The van der Waals surface area contributed by atoms with Crippen LogP contribution in [0, 0.1) is 0 Å². The van der Waals surface area contributed by atoms with Gasteiger partial charge in [0.1, 0.15) is 0 Å². The number of nitrogen functional groups attached to an aromatic ring is 1. The van der Waals surface area contributed by atoms with E-state index in [9.17, 15) is 4.79 Å². The normalized spacial score (nSPS) is 21.4. The molecular formula is C13H21N3O2. The highest BCUT2D eigenvalue weighted by Gasteiger charge is 2.22. The van der Waals surface area contributed by atoms with Crippen LogP contribution < -0.4 is 11.3 Å². The molecule has 1 aliphatic heterocycles. The van der Waals surface area contributed by atoms with Gasteiger partial charge in [-0.1, -0.05) is 0 Å². The van der Waals surface area contributed by atoms with E-state index in [2.05, 4.69) is 18.7 Å². The molecule has 5 heteroatoms. The Labute approximate surface area is 107 Å². The molecule has 100 valence electrons. The summed E-state index contributed by atoms with van der Waals surface area (Å²) in [6, 6.07) is 3.63. The van der Waals surface area contributed by atoms with Crippen LogP contribution in [0.3, 0.4) is 0 Å². The molecule has 0 aliphatic carbocycles. The maximum atomic E-state index is 11.7. The van der Waals surface area contributed by atoms with Crippen LogP contribution in [0.25, 0.3) is 0 Å². The molecule has 2 N–H and O–H groups in total. The van der Waals surface area contributed by atoms with Crippen molar-refractivity contribution in [3.05, 3.63) is 28.7 Å². The van der Waals surface area contributed by atoms with Crippen molar-refractivity contribution in [1.29, 1.82) is 0 Å². The number of aromatic nitrogens is 1. The van der Waals surface area contributed by atoms with Crippen LogP contribution in [0.15, 0.2) is 23.1 Å². The molecule has 1 aromatic rings. The van der Waals surface area contributed by atoms with E-state index >= 15 is 0 Å². The summed E-state index contributed by atoms with van der Waals surface area (Å²) in [4.78, 5) is 14.1. The quantitative estimate of drug-likeness (QED) is 0.852. The maximum absolute atomic E-state index is 11.7. The molecule has 0 amide bonds. The van der Waals surface area contributed by atoms with Crippen molar-refractivity contribution in [2.24, 2.45) is 0 Å². The van der Waals surface area contributed by atoms with E-state index in [1.165, 1.54) is 6.07 Å². The van der Waals surface area contributed by atoms with E-state index in [4.69, 9.17) is 10.5 Å². The van der Waals surface area contributed by atoms with E-state index < -0.39 is 0 Å². The molecule has 1 aliphatic rings. The Balaban J connectivity index is 2.04. The number of rotatable bonds is 3. The molecule has 0 aromatic carbocycles. The van der Waals surface area contributed by atoms with Gasteiger partial charge in [-0.15, -0.1) is 0 Å². The molecule has 0 radical (unpaired) electrons. The lowest BCUT2D eigenvalue weighted by Crippen LogP contribution is -2.47. The van der Waals surface area contributed by atoms with Crippen molar-refractivity contribution in [2.45, 2.75) is 32.5 Å². The van der Waals surface area contributed by atoms with Crippen LogP contribution >= 0.6 is 0 Å². The van der Waals surface area contributed by atoms with Crippen LogP contribution in [0.2, 0.25) is 0 Å².